The highest BCUT2D eigenvalue weighted by molar-refractivity contribution is 5.72. The summed E-state index contributed by atoms with van der Waals surface area (Å²) in [4.78, 5) is 11.5. The van der Waals surface area contributed by atoms with Gasteiger partial charge in [-0.2, -0.15) is 0 Å². The molecule has 3 aliphatic rings. The van der Waals surface area contributed by atoms with E-state index >= 15 is 0 Å². The van der Waals surface area contributed by atoms with Crippen molar-refractivity contribution < 1.29 is 24.1 Å². The second-order valence-corrected chi connectivity index (χ2v) is 6.97. The van der Waals surface area contributed by atoms with E-state index in [1.807, 2.05) is 0 Å². The van der Waals surface area contributed by atoms with Crippen molar-refractivity contribution in [3.8, 4) is 0 Å². The van der Waals surface area contributed by atoms with Crippen LogP contribution in [0.1, 0.15) is 58.3 Å². The lowest BCUT2D eigenvalue weighted by molar-refractivity contribution is -0.171. The van der Waals surface area contributed by atoms with E-state index in [0.29, 0.717) is 26.1 Å². The van der Waals surface area contributed by atoms with Crippen molar-refractivity contribution in [3.63, 3.8) is 0 Å². The van der Waals surface area contributed by atoms with Gasteiger partial charge in [-0.3, -0.25) is 4.79 Å². The first-order chi connectivity index (χ1) is 11.6. The van der Waals surface area contributed by atoms with Gasteiger partial charge < -0.3 is 19.3 Å². The average Bonchev–Trinajstić information content (AvgIpc) is 3.24. The summed E-state index contributed by atoms with van der Waals surface area (Å²) in [6, 6.07) is 0. The fourth-order valence-corrected chi connectivity index (χ4v) is 4.32. The molecule has 5 heteroatoms. The molecule has 2 aliphatic heterocycles. The zero-order valence-corrected chi connectivity index (χ0v) is 14.9. The highest BCUT2D eigenvalue weighted by Gasteiger charge is 2.50. The molecule has 138 valence electrons. The van der Waals surface area contributed by atoms with Crippen LogP contribution in [-0.2, 0) is 19.0 Å². The summed E-state index contributed by atoms with van der Waals surface area (Å²) in [5.41, 5.74) is 0. The molecule has 2 heterocycles. The number of fused-ring (bicyclic) bond motifs is 1. The van der Waals surface area contributed by atoms with Crippen LogP contribution in [0.5, 0.6) is 0 Å². The minimum atomic E-state index is -0.462. The molecule has 0 unspecified atom stereocenters. The molecule has 1 aliphatic carbocycles. The van der Waals surface area contributed by atoms with Crippen molar-refractivity contribution in [2.75, 3.05) is 13.2 Å². The molecule has 0 radical (unpaired) electrons. The van der Waals surface area contributed by atoms with Crippen molar-refractivity contribution in [1.29, 1.82) is 0 Å². The summed E-state index contributed by atoms with van der Waals surface area (Å²) in [5, 5.41) is 10.3. The summed E-state index contributed by atoms with van der Waals surface area (Å²) in [7, 11) is 0. The van der Waals surface area contributed by atoms with Crippen LogP contribution in [0.25, 0.3) is 0 Å². The number of esters is 1. The van der Waals surface area contributed by atoms with Gasteiger partial charge in [0.1, 0.15) is 6.10 Å². The monoisotopic (exact) mass is 340 g/mol. The van der Waals surface area contributed by atoms with Gasteiger partial charge in [-0.15, -0.1) is 13.2 Å². The molecule has 24 heavy (non-hydrogen) atoms. The number of aliphatic hydroxyl groups is 1. The van der Waals surface area contributed by atoms with E-state index in [1.165, 1.54) is 12.8 Å². The van der Waals surface area contributed by atoms with Crippen molar-refractivity contribution in [2.45, 2.75) is 76.3 Å². The lowest BCUT2D eigenvalue weighted by atomic mass is 9.86. The third-order valence-electron chi connectivity index (χ3n) is 5.51. The third kappa shape index (κ3) is 4.38. The Balaban J connectivity index is 0.00000100. The second-order valence-electron chi connectivity index (χ2n) is 6.97. The minimum Gasteiger partial charge on any atom is -0.462 e. The number of aliphatic hydroxyl groups excluding tert-OH is 1. The summed E-state index contributed by atoms with van der Waals surface area (Å²) in [6.45, 7) is 9.51. The second kappa shape index (κ2) is 8.97. The first-order valence-electron chi connectivity index (χ1n) is 9.29. The molecule has 1 N–H and O–H groups in total. The molecule has 3 fully saturated rings. The van der Waals surface area contributed by atoms with Crippen LogP contribution >= 0.6 is 0 Å². The average molecular weight is 340 g/mol. The molecular formula is C19H32O5. The molecule has 1 saturated carbocycles. The molecule has 0 bridgehead atoms. The molecule has 3 rings (SSSR count). The van der Waals surface area contributed by atoms with Crippen molar-refractivity contribution in [3.05, 3.63) is 13.2 Å². The normalized spacial score (nSPS) is 33.7. The lowest BCUT2D eigenvalue weighted by Gasteiger charge is -2.30. The van der Waals surface area contributed by atoms with Gasteiger partial charge in [0, 0.05) is 25.2 Å². The Morgan fingerprint density at radius 2 is 1.92 bits per heavy atom. The predicted molar refractivity (Wildman–Crippen MR) is 91.4 cm³/mol. The van der Waals surface area contributed by atoms with Crippen LogP contribution < -0.4 is 0 Å². The number of ether oxygens (including phenoxy) is 3. The topological polar surface area (TPSA) is 65.0 Å². The SMILES string of the molecule is C=C.CCCCCC1(CC[C@@H]2[C@H]3CC(=O)O[C@H]3C[C@H]2O)OCCO1. The molecule has 0 aromatic carbocycles. The van der Waals surface area contributed by atoms with Gasteiger partial charge in [-0.1, -0.05) is 19.8 Å². The summed E-state index contributed by atoms with van der Waals surface area (Å²) < 4.78 is 17.1. The number of carbonyl (C=O) groups is 1. The van der Waals surface area contributed by atoms with Crippen LogP contribution in [0.2, 0.25) is 0 Å². The standard InChI is InChI=1S/C17H28O5.C2H4/c1-2-3-4-6-17(20-8-9-21-17)7-5-12-13-10-16(19)22-15(13)11-14(12)18;1-2/h12-15,18H,2-11H2,1H3;1-2H2/t12-,13-,14-,15+;/m1./s1. The zero-order valence-electron chi connectivity index (χ0n) is 14.9. The van der Waals surface area contributed by atoms with Gasteiger partial charge in [0.2, 0.25) is 0 Å². The Bertz CT molecular complexity index is 405. The third-order valence-corrected chi connectivity index (χ3v) is 5.51. The van der Waals surface area contributed by atoms with Crippen molar-refractivity contribution in [2.24, 2.45) is 11.8 Å². The van der Waals surface area contributed by atoms with E-state index in [1.54, 1.807) is 0 Å². The Kier molecular flexibility index (Phi) is 7.26. The van der Waals surface area contributed by atoms with Crippen molar-refractivity contribution >= 4 is 5.97 Å². The van der Waals surface area contributed by atoms with Crippen LogP contribution in [0.3, 0.4) is 0 Å². The lowest BCUT2D eigenvalue weighted by Crippen LogP contribution is -2.32. The maximum atomic E-state index is 11.5. The number of unbranched alkanes of at least 4 members (excludes halogenated alkanes) is 2. The number of rotatable bonds is 7. The summed E-state index contributed by atoms with van der Waals surface area (Å²) in [5.74, 6) is -0.266. The molecule has 4 atom stereocenters. The number of carbonyl (C=O) groups excluding carboxylic acids is 1. The molecule has 0 amide bonds. The Morgan fingerprint density at radius 3 is 2.58 bits per heavy atom. The van der Waals surface area contributed by atoms with E-state index in [4.69, 9.17) is 14.2 Å². The van der Waals surface area contributed by atoms with Gasteiger partial charge >= 0.3 is 5.97 Å². The zero-order chi connectivity index (χ0) is 17.6. The van der Waals surface area contributed by atoms with Crippen LogP contribution in [-0.4, -0.2) is 42.3 Å². The van der Waals surface area contributed by atoms with E-state index < -0.39 is 5.79 Å². The van der Waals surface area contributed by atoms with Gasteiger partial charge in [0.25, 0.3) is 0 Å². The maximum Gasteiger partial charge on any atom is 0.306 e. The Hall–Kier alpha value is -0.910. The smallest absolute Gasteiger partial charge is 0.306 e. The highest BCUT2D eigenvalue weighted by atomic mass is 16.7. The Morgan fingerprint density at radius 1 is 1.21 bits per heavy atom. The summed E-state index contributed by atoms with van der Waals surface area (Å²) >= 11 is 0. The summed E-state index contributed by atoms with van der Waals surface area (Å²) in [6.07, 6.45) is 6.65. The Labute approximate surface area is 145 Å². The van der Waals surface area contributed by atoms with E-state index in [2.05, 4.69) is 20.1 Å². The molecule has 0 spiro atoms. The van der Waals surface area contributed by atoms with Crippen molar-refractivity contribution in [1.82, 2.24) is 0 Å². The quantitative estimate of drug-likeness (QED) is 0.438. The molecule has 0 aromatic heterocycles. The fraction of sp³-hybridized carbons (Fsp3) is 0.842. The molecule has 0 aromatic rings. The molecule has 2 saturated heterocycles. The first-order valence-corrected chi connectivity index (χ1v) is 9.29. The van der Waals surface area contributed by atoms with Gasteiger partial charge in [0.15, 0.2) is 5.79 Å². The van der Waals surface area contributed by atoms with Gasteiger partial charge in [-0.05, 0) is 18.8 Å². The first kappa shape index (κ1) is 19.4. The predicted octanol–water partition coefficient (Wildman–Crippen LogP) is 3.20. The molecular weight excluding hydrogens is 308 g/mol. The number of hydrogen-bond acceptors (Lipinski definition) is 5. The maximum absolute atomic E-state index is 11.5. The molecule has 5 nitrogen and oxygen atoms in total. The van der Waals surface area contributed by atoms with Crippen LogP contribution in [0.15, 0.2) is 13.2 Å². The van der Waals surface area contributed by atoms with Gasteiger partial charge in [-0.25, -0.2) is 0 Å². The highest BCUT2D eigenvalue weighted by Crippen LogP contribution is 2.45. The van der Waals surface area contributed by atoms with E-state index in [0.717, 1.165) is 25.7 Å². The number of hydrogen-bond donors (Lipinski definition) is 1. The minimum absolute atomic E-state index is 0.0750. The van der Waals surface area contributed by atoms with Crippen LogP contribution in [0, 0.1) is 11.8 Å². The van der Waals surface area contributed by atoms with Gasteiger partial charge in [0.05, 0.1) is 25.7 Å². The van der Waals surface area contributed by atoms with E-state index in [-0.39, 0.29) is 30.0 Å². The van der Waals surface area contributed by atoms with E-state index in [9.17, 15) is 9.90 Å². The largest absolute Gasteiger partial charge is 0.462 e. The van der Waals surface area contributed by atoms with Crippen LogP contribution in [0.4, 0.5) is 0 Å². The fourth-order valence-electron chi connectivity index (χ4n) is 4.32.